The second kappa shape index (κ2) is 7.88. The summed E-state index contributed by atoms with van der Waals surface area (Å²) in [6, 6.07) is 17.2. The number of carbonyl (C=O) groups is 1. The number of furan rings is 1. The zero-order valence-corrected chi connectivity index (χ0v) is 16.1. The summed E-state index contributed by atoms with van der Waals surface area (Å²) in [7, 11) is 0. The molecular formula is C21H18BrNO4. The van der Waals surface area contributed by atoms with Gasteiger partial charge in [0.15, 0.2) is 11.5 Å². The minimum absolute atomic E-state index is 0.0757. The molecule has 3 aromatic rings. The smallest absolute Gasteiger partial charge is 0.224 e. The van der Waals surface area contributed by atoms with Crippen molar-refractivity contribution in [1.82, 2.24) is 5.32 Å². The minimum Gasteiger partial charge on any atom is -0.486 e. The highest BCUT2D eigenvalue weighted by Gasteiger charge is 2.13. The Morgan fingerprint density at radius 1 is 0.963 bits per heavy atom. The van der Waals surface area contributed by atoms with Crippen molar-refractivity contribution in [2.75, 3.05) is 13.2 Å². The molecule has 5 nitrogen and oxygen atoms in total. The maximum atomic E-state index is 12.2. The van der Waals surface area contributed by atoms with E-state index in [1.54, 1.807) is 0 Å². The molecule has 0 spiro atoms. The lowest BCUT2D eigenvalue weighted by Crippen LogP contribution is -2.24. The molecule has 0 saturated carbocycles. The fourth-order valence-electron chi connectivity index (χ4n) is 2.87. The summed E-state index contributed by atoms with van der Waals surface area (Å²) >= 11 is 3.42. The van der Waals surface area contributed by atoms with Gasteiger partial charge in [0, 0.05) is 10.0 Å². The van der Waals surface area contributed by atoms with Gasteiger partial charge < -0.3 is 19.2 Å². The van der Waals surface area contributed by atoms with Crippen molar-refractivity contribution in [3.8, 4) is 22.8 Å². The van der Waals surface area contributed by atoms with E-state index < -0.39 is 0 Å². The number of rotatable bonds is 5. The third-order valence-electron chi connectivity index (χ3n) is 4.22. The Morgan fingerprint density at radius 3 is 2.56 bits per heavy atom. The maximum Gasteiger partial charge on any atom is 0.224 e. The highest BCUT2D eigenvalue weighted by molar-refractivity contribution is 9.10. The van der Waals surface area contributed by atoms with E-state index in [4.69, 9.17) is 13.9 Å². The second-order valence-corrected chi connectivity index (χ2v) is 7.12. The van der Waals surface area contributed by atoms with Crippen LogP contribution in [-0.2, 0) is 17.8 Å². The Kier molecular flexibility index (Phi) is 5.16. The van der Waals surface area contributed by atoms with E-state index in [9.17, 15) is 4.79 Å². The number of amides is 1. The summed E-state index contributed by atoms with van der Waals surface area (Å²) in [5.74, 6) is 2.83. The summed E-state index contributed by atoms with van der Waals surface area (Å²) in [6.07, 6.45) is 0.275. The monoisotopic (exact) mass is 427 g/mol. The van der Waals surface area contributed by atoms with E-state index in [0.29, 0.717) is 31.3 Å². The molecule has 1 aliphatic rings. The molecule has 27 heavy (non-hydrogen) atoms. The van der Waals surface area contributed by atoms with Gasteiger partial charge in [-0.15, -0.1) is 0 Å². The van der Waals surface area contributed by atoms with E-state index >= 15 is 0 Å². The van der Waals surface area contributed by atoms with Gasteiger partial charge in [-0.3, -0.25) is 4.79 Å². The number of nitrogens with one attached hydrogen (secondary N) is 1. The van der Waals surface area contributed by atoms with Crippen LogP contribution in [0.1, 0.15) is 11.3 Å². The molecule has 4 rings (SSSR count). The lowest BCUT2D eigenvalue weighted by atomic mass is 10.1. The van der Waals surface area contributed by atoms with Crippen LogP contribution in [0.25, 0.3) is 11.3 Å². The van der Waals surface area contributed by atoms with Crippen molar-refractivity contribution < 1.29 is 18.7 Å². The molecule has 0 bridgehead atoms. The average Bonchev–Trinajstić information content (AvgIpc) is 3.16. The lowest BCUT2D eigenvalue weighted by molar-refractivity contribution is -0.120. The third-order valence-corrected chi connectivity index (χ3v) is 4.75. The van der Waals surface area contributed by atoms with E-state index in [1.165, 1.54) is 0 Å². The van der Waals surface area contributed by atoms with Gasteiger partial charge in [-0.25, -0.2) is 0 Å². The highest BCUT2D eigenvalue weighted by atomic mass is 79.9. The first-order valence-corrected chi connectivity index (χ1v) is 9.46. The van der Waals surface area contributed by atoms with E-state index in [0.717, 1.165) is 27.1 Å². The average molecular weight is 428 g/mol. The number of ether oxygens (including phenoxy) is 2. The van der Waals surface area contributed by atoms with Gasteiger partial charge in [-0.05, 0) is 42.0 Å². The van der Waals surface area contributed by atoms with Crippen molar-refractivity contribution >= 4 is 21.8 Å². The largest absolute Gasteiger partial charge is 0.486 e. The van der Waals surface area contributed by atoms with Crippen molar-refractivity contribution in [2.45, 2.75) is 13.0 Å². The van der Waals surface area contributed by atoms with Gasteiger partial charge in [0.05, 0.1) is 13.0 Å². The highest BCUT2D eigenvalue weighted by Crippen LogP contribution is 2.31. The Labute approximate surface area is 165 Å². The summed E-state index contributed by atoms with van der Waals surface area (Å²) < 4.78 is 17.9. The number of halogens is 1. The van der Waals surface area contributed by atoms with Gasteiger partial charge in [-0.2, -0.15) is 0 Å². The van der Waals surface area contributed by atoms with Crippen LogP contribution in [0.4, 0.5) is 0 Å². The molecule has 6 heteroatoms. The van der Waals surface area contributed by atoms with E-state index in [-0.39, 0.29) is 12.3 Å². The van der Waals surface area contributed by atoms with Crippen LogP contribution in [0.2, 0.25) is 0 Å². The summed E-state index contributed by atoms with van der Waals surface area (Å²) in [5.41, 5.74) is 1.87. The molecule has 2 aromatic carbocycles. The van der Waals surface area contributed by atoms with E-state index in [2.05, 4.69) is 21.2 Å². The van der Waals surface area contributed by atoms with Gasteiger partial charge in [0.25, 0.3) is 0 Å². The first kappa shape index (κ1) is 17.7. The summed E-state index contributed by atoms with van der Waals surface area (Å²) in [6.45, 7) is 1.43. The Balaban J connectivity index is 1.34. The third kappa shape index (κ3) is 4.34. The fraction of sp³-hybridized carbons (Fsp3) is 0.190. The molecule has 0 unspecified atom stereocenters. The van der Waals surface area contributed by atoms with Gasteiger partial charge in [0.2, 0.25) is 5.91 Å². The standard InChI is InChI=1S/C21H18BrNO4/c22-16-4-2-15(3-5-16)18-8-6-17(27-18)13-23-21(24)12-14-1-7-19-20(11-14)26-10-9-25-19/h1-8,11H,9-10,12-13H2,(H,23,24). The second-order valence-electron chi connectivity index (χ2n) is 6.20. The minimum atomic E-state index is -0.0757. The van der Waals surface area contributed by atoms with Crippen molar-refractivity contribution in [3.05, 3.63) is 70.4 Å². The normalized spacial score (nSPS) is 12.6. The predicted molar refractivity (Wildman–Crippen MR) is 105 cm³/mol. The maximum absolute atomic E-state index is 12.2. The molecule has 1 aliphatic heterocycles. The molecular weight excluding hydrogens is 410 g/mol. The Morgan fingerprint density at radius 2 is 1.74 bits per heavy atom. The molecule has 1 aromatic heterocycles. The first-order chi connectivity index (χ1) is 13.2. The van der Waals surface area contributed by atoms with Crippen LogP contribution in [0, 0.1) is 0 Å². The van der Waals surface area contributed by atoms with Crippen LogP contribution < -0.4 is 14.8 Å². The van der Waals surface area contributed by atoms with Crippen LogP contribution in [0.5, 0.6) is 11.5 Å². The lowest BCUT2D eigenvalue weighted by Gasteiger charge is -2.18. The molecule has 0 fully saturated rings. The predicted octanol–water partition coefficient (Wildman–Crippen LogP) is 4.34. The number of hydrogen-bond acceptors (Lipinski definition) is 4. The van der Waals surface area contributed by atoms with E-state index in [1.807, 2.05) is 54.6 Å². The van der Waals surface area contributed by atoms with Crippen LogP contribution in [-0.4, -0.2) is 19.1 Å². The summed E-state index contributed by atoms with van der Waals surface area (Å²) in [5, 5.41) is 2.89. The summed E-state index contributed by atoms with van der Waals surface area (Å²) in [4.78, 5) is 12.2. The molecule has 0 radical (unpaired) electrons. The number of fused-ring (bicyclic) bond motifs is 1. The van der Waals surface area contributed by atoms with Gasteiger partial charge in [0.1, 0.15) is 24.7 Å². The molecule has 0 atom stereocenters. The zero-order valence-electron chi connectivity index (χ0n) is 14.5. The molecule has 1 amide bonds. The van der Waals surface area contributed by atoms with Crippen LogP contribution in [0.3, 0.4) is 0 Å². The molecule has 1 N–H and O–H groups in total. The number of carbonyl (C=O) groups excluding carboxylic acids is 1. The molecule has 138 valence electrons. The SMILES string of the molecule is O=C(Cc1ccc2c(c1)OCCO2)NCc1ccc(-c2ccc(Br)cc2)o1. The van der Waals surface area contributed by atoms with Crippen molar-refractivity contribution in [1.29, 1.82) is 0 Å². The topological polar surface area (TPSA) is 60.7 Å². The molecule has 0 aliphatic carbocycles. The zero-order chi connectivity index (χ0) is 18.6. The van der Waals surface area contributed by atoms with Gasteiger partial charge in [-0.1, -0.05) is 34.1 Å². The molecule has 2 heterocycles. The first-order valence-electron chi connectivity index (χ1n) is 8.67. The Hall–Kier alpha value is -2.73. The number of hydrogen-bond donors (Lipinski definition) is 1. The molecule has 0 saturated heterocycles. The van der Waals surface area contributed by atoms with Crippen LogP contribution in [0.15, 0.2) is 63.5 Å². The van der Waals surface area contributed by atoms with Crippen molar-refractivity contribution in [3.63, 3.8) is 0 Å². The fourth-order valence-corrected chi connectivity index (χ4v) is 3.14. The van der Waals surface area contributed by atoms with Gasteiger partial charge >= 0.3 is 0 Å². The van der Waals surface area contributed by atoms with Crippen LogP contribution >= 0.6 is 15.9 Å². The van der Waals surface area contributed by atoms with Crippen molar-refractivity contribution in [2.24, 2.45) is 0 Å². The Bertz CT molecular complexity index is 949. The number of benzene rings is 2. The quantitative estimate of drug-likeness (QED) is 0.657.